The predicted octanol–water partition coefficient (Wildman–Crippen LogP) is 1.84. The highest BCUT2D eigenvalue weighted by Crippen LogP contribution is 2.28. The van der Waals surface area contributed by atoms with Gasteiger partial charge in [-0.1, -0.05) is 6.07 Å². The number of pyridine rings is 1. The van der Waals surface area contributed by atoms with Crippen LogP contribution in [0, 0.1) is 0 Å². The van der Waals surface area contributed by atoms with Crippen LogP contribution in [-0.2, 0) is 16.6 Å². The van der Waals surface area contributed by atoms with E-state index in [1.165, 1.54) is 15.6 Å². The molecular formula is C19H24N4O3S3. The second-order valence-corrected chi connectivity index (χ2v) is 11.1. The van der Waals surface area contributed by atoms with Gasteiger partial charge in [-0.15, -0.1) is 11.3 Å². The van der Waals surface area contributed by atoms with Gasteiger partial charge < -0.3 is 4.90 Å². The van der Waals surface area contributed by atoms with Gasteiger partial charge in [-0.05, 0) is 23.6 Å². The minimum atomic E-state index is -3.62. The number of piperazine rings is 1. The molecule has 2 aliphatic heterocycles. The van der Waals surface area contributed by atoms with Crippen molar-refractivity contribution < 1.29 is 13.2 Å². The van der Waals surface area contributed by atoms with Crippen LogP contribution < -0.4 is 0 Å². The summed E-state index contributed by atoms with van der Waals surface area (Å²) in [6.07, 6.45) is 1.79. The molecule has 0 saturated carbocycles. The van der Waals surface area contributed by atoms with Crippen molar-refractivity contribution >= 4 is 39.0 Å². The number of thiophene rings is 1. The normalized spacial score (nSPS) is 19.4. The van der Waals surface area contributed by atoms with Crippen molar-refractivity contribution in [2.75, 3.05) is 50.8 Å². The molecule has 1 amide bonds. The SMILES string of the molecule is O=C(c1sccc1S(=O)(=O)N1CCSCC1)N1CCN(Cc2ccccn2)CC1. The Hall–Kier alpha value is -1.46. The summed E-state index contributed by atoms with van der Waals surface area (Å²) >= 11 is 2.98. The number of nitrogens with zero attached hydrogens (tertiary/aromatic N) is 4. The topological polar surface area (TPSA) is 73.8 Å². The number of thioether (sulfide) groups is 1. The van der Waals surface area contributed by atoms with Gasteiger partial charge in [0.05, 0.1) is 5.69 Å². The summed E-state index contributed by atoms with van der Waals surface area (Å²) in [5, 5.41) is 1.70. The van der Waals surface area contributed by atoms with Crippen LogP contribution in [0.4, 0.5) is 0 Å². The second-order valence-electron chi connectivity index (χ2n) is 7.02. The largest absolute Gasteiger partial charge is 0.335 e. The third-order valence-corrected chi connectivity index (χ3v) is 9.10. The first-order chi connectivity index (χ1) is 14.1. The molecule has 2 aliphatic rings. The molecule has 0 spiro atoms. The number of sulfonamides is 1. The van der Waals surface area contributed by atoms with Crippen LogP contribution in [0.5, 0.6) is 0 Å². The highest BCUT2D eigenvalue weighted by molar-refractivity contribution is 7.99. The van der Waals surface area contributed by atoms with Crippen molar-refractivity contribution in [3.63, 3.8) is 0 Å². The van der Waals surface area contributed by atoms with Gasteiger partial charge in [-0.3, -0.25) is 14.7 Å². The summed E-state index contributed by atoms with van der Waals surface area (Å²) in [5.41, 5.74) is 1.01. The minimum absolute atomic E-state index is 0.162. The van der Waals surface area contributed by atoms with Crippen LogP contribution >= 0.6 is 23.1 Å². The molecule has 2 fully saturated rings. The third-order valence-electron chi connectivity index (χ3n) is 5.18. The standard InChI is InChI=1S/C19H24N4O3S3/c24-19(22-8-6-21(7-9-22)15-16-3-1-2-5-20-16)18-17(4-12-28-18)29(25,26)23-10-13-27-14-11-23/h1-5,12H,6-11,13-15H2. The number of hydrogen-bond donors (Lipinski definition) is 0. The van der Waals surface area contributed by atoms with Crippen molar-refractivity contribution in [2.45, 2.75) is 11.4 Å². The number of amides is 1. The summed E-state index contributed by atoms with van der Waals surface area (Å²) in [5.74, 6) is 1.41. The summed E-state index contributed by atoms with van der Waals surface area (Å²) in [4.78, 5) is 22.0. The molecule has 0 N–H and O–H groups in total. The molecular weight excluding hydrogens is 428 g/mol. The Morgan fingerprint density at radius 2 is 1.79 bits per heavy atom. The number of aromatic nitrogens is 1. The fraction of sp³-hybridized carbons (Fsp3) is 0.474. The van der Waals surface area contributed by atoms with Gasteiger partial charge in [0.15, 0.2) is 0 Å². The molecule has 0 radical (unpaired) electrons. The van der Waals surface area contributed by atoms with Gasteiger partial charge in [-0.25, -0.2) is 8.42 Å². The van der Waals surface area contributed by atoms with Crippen LogP contribution in [0.3, 0.4) is 0 Å². The number of rotatable bonds is 5. The smallest absolute Gasteiger partial charge is 0.265 e. The fourth-order valence-corrected chi connectivity index (χ4v) is 7.49. The highest BCUT2D eigenvalue weighted by Gasteiger charge is 2.33. The molecule has 4 heterocycles. The van der Waals surface area contributed by atoms with Gasteiger partial charge >= 0.3 is 0 Å². The summed E-state index contributed by atoms with van der Waals surface area (Å²) in [6.45, 7) is 4.44. The maximum atomic E-state index is 13.1. The van der Waals surface area contributed by atoms with Crippen molar-refractivity contribution in [3.8, 4) is 0 Å². The quantitative estimate of drug-likeness (QED) is 0.689. The maximum Gasteiger partial charge on any atom is 0.265 e. The number of hydrogen-bond acceptors (Lipinski definition) is 7. The molecule has 0 aromatic carbocycles. The molecule has 0 aliphatic carbocycles. The molecule has 4 rings (SSSR count). The molecule has 2 saturated heterocycles. The lowest BCUT2D eigenvalue weighted by Gasteiger charge is -2.34. The van der Waals surface area contributed by atoms with E-state index in [2.05, 4.69) is 9.88 Å². The molecule has 0 unspecified atom stereocenters. The predicted molar refractivity (Wildman–Crippen MR) is 116 cm³/mol. The van der Waals surface area contributed by atoms with Gasteiger partial charge in [0.2, 0.25) is 10.0 Å². The van der Waals surface area contributed by atoms with E-state index in [0.717, 1.165) is 36.8 Å². The first-order valence-corrected chi connectivity index (χ1v) is 13.1. The lowest BCUT2D eigenvalue weighted by Crippen LogP contribution is -2.48. The van der Waals surface area contributed by atoms with Crippen molar-refractivity contribution in [1.82, 2.24) is 19.1 Å². The van der Waals surface area contributed by atoms with Crippen LogP contribution in [0.1, 0.15) is 15.4 Å². The van der Waals surface area contributed by atoms with E-state index < -0.39 is 10.0 Å². The Balaban J connectivity index is 1.42. The Kier molecular flexibility index (Phi) is 6.55. The molecule has 2 aromatic rings. The fourth-order valence-electron chi connectivity index (χ4n) is 3.56. The van der Waals surface area contributed by atoms with E-state index in [9.17, 15) is 13.2 Å². The minimum Gasteiger partial charge on any atom is -0.335 e. The second kappa shape index (κ2) is 9.13. The van der Waals surface area contributed by atoms with Gasteiger partial charge in [0.1, 0.15) is 9.77 Å². The lowest BCUT2D eigenvalue weighted by atomic mass is 10.2. The zero-order chi connectivity index (χ0) is 20.3. The zero-order valence-corrected chi connectivity index (χ0v) is 18.5. The van der Waals surface area contributed by atoms with Crippen LogP contribution in [-0.4, -0.2) is 84.2 Å². The number of carbonyl (C=O) groups excluding carboxylic acids is 1. The summed E-state index contributed by atoms with van der Waals surface area (Å²) in [7, 11) is -3.62. The molecule has 29 heavy (non-hydrogen) atoms. The highest BCUT2D eigenvalue weighted by atomic mass is 32.2. The maximum absolute atomic E-state index is 13.1. The van der Waals surface area contributed by atoms with E-state index >= 15 is 0 Å². The first kappa shape index (κ1) is 20.8. The van der Waals surface area contributed by atoms with E-state index in [4.69, 9.17) is 0 Å². The van der Waals surface area contributed by atoms with Gasteiger partial charge in [0.25, 0.3) is 5.91 Å². The summed E-state index contributed by atoms with van der Waals surface area (Å²) < 4.78 is 27.6. The third kappa shape index (κ3) is 4.66. The molecule has 2 aromatic heterocycles. The van der Waals surface area contributed by atoms with Gasteiger partial charge in [-0.2, -0.15) is 16.1 Å². The first-order valence-electron chi connectivity index (χ1n) is 9.62. The van der Waals surface area contributed by atoms with Gasteiger partial charge in [0, 0.05) is 63.5 Å². The average Bonchev–Trinajstić information content (AvgIpc) is 3.26. The zero-order valence-electron chi connectivity index (χ0n) is 16.1. The monoisotopic (exact) mass is 452 g/mol. The Morgan fingerprint density at radius 1 is 1.03 bits per heavy atom. The van der Waals surface area contributed by atoms with E-state index in [1.54, 1.807) is 34.3 Å². The summed E-state index contributed by atoms with van der Waals surface area (Å²) in [6, 6.07) is 7.45. The molecule has 156 valence electrons. The molecule has 0 atom stereocenters. The van der Waals surface area contributed by atoms with E-state index in [0.29, 0.717) is 31.1 Å². The van der Waals surface area contributed by atoms with E-state index in [1.807, 2.05) is 18.2 Å². The van der Waals surface area contributed by atoms with Crippen molar-refractivity contribution in [2.24, 2.45) is 0 Å². The Morgan fingerprint density at radius 3 is 2.48 bits per heavy atom. The Bertz CT molecular complexity index is 935. The van der Waals surface area contributed by atoms with Crippen LogP contribution in [0.25, 0.3) is 0 Å². The van der Waals surface area contributed by atoms with E-state index in [-0.39, 0.29) is 10.8 Å². The molecule has 7 nitrogen and oxygen atoms in total. The average molecular weight is 453 g/mol. The van der Waals surface area contributed by atoms with Crippen LogP contribution in [0.2, 0.25) is 0 Å². The van der Waals surface area contributed by atoms with Crippen LogP contribution in [0.15, 0.2) is 40.7 Å². The molecule has 0 bridgehead atoms. The number of carbonyl (C=O) groups is 1. The van der Waals surface area contributed by atoms with Crippen molar-refractivity contribution in [1.29, 1.82) is 0 Å². The molecule has 10 heteroatoms. The lowest BCUT2D eigenvalue weighted by molar-refractivity contribution is 0.0628. The van der Waals surface area contributed by atoms with Crippen molar-refractivity contribution in [3.05, 3.63) is 46.4 Å². The Labute approximate surface area is 179 Å².